The van der Waals surface area contributed by atoms with Crippen LogP contribution in [0.2, 0.25) is 0 Å². The van der Waals surface area contributed by atoms with Crippen molar-refractivity contribution >= 4 is 5.91 Å². The Labute approximate surface area is 126 Å². The van der Waals surface area contributed by atoms with Crippen LogP contribution in [-0.2, 0) is 10.2 Å². The van der Waals surface area contributed by atoms with Crippen LogP contribution in [0.1, 0.15) is 32.8 Å². The first kappa shape index (κ1) is 17.3. The number of carbonyl (C=O) groups excluding carboxylic acids is 1. The summed E-state index contributed by atoms with van der Waals surface area (Å²) >= 11 is 0. The summed E-state index contributed by atoms with van der Waals surface area (Å²) in [7, 11) is 3.17. The van der Waals surface area contributed by atoms with Crippen molar-refractivity contribution in [2.75, 3.05) is 20.8 Å². The standard InChI is InChI=1S/C16H26N2O3/c1-11(17)8-9-18-15(19)16(2,3)12-6-7-13(20-4)14(10-12)21-5/h6-7,10-11H,8-9,17H2,1-5H3,(H,18,19). The number of hydrogen-bond donors (Lipinski definition) is 2. The molecular weight excluding hydrogens is 268 g/mol. The third-order valence-corrected chi connectivity index (χ3v) is 3.56. The van der Waals surface area contributed by atoms with Crippen LogP contribution >= 0.6 is 0 Å². The molecule has 118 valence electrons. The van der Waals surface area contributed by atoms with E-state index in [1.165, 1.54) is 0 Å². The first-order valence-electron chi connectivity index (χ1n) is 7.09. The van der Waals surface area contributed by atoms with E-state index in [2.05, 4.69) is 5.32 Å². The third kappa shape index (κ3) is 4.36. The smallest absolute Gasteiger partial charge is 0.230 e. The number of rotatable bonds is 7. The van der Waals surface area contributed by atoms with Crippen molar-refractivity contribution in [1.82, 2.24) is 5.32 Å². The monoisotopic (exact) mass is 294 g/mol. The largest absolute Gasteiger partial charge is 0.493 e. The highest BCUT2D eigenvalue weighted by Gasteiger charge is 2.30. The number of ether oxygens (including phenoxy) is 2. The molecule has 0 aliphatic heterocycles. The van der Waals surface area contributed by atoms with E-state index in [1.54, 1.807) is 14.2 Å². The van der Waals surface area contributed by atoms with Gasteiger partial charge in [0.2, 0.25) is 5.91 Å². The van der Waals surface area contributed by atoms with E-state index in [-0.39, 0.29) is 11.9 Å². The van der Waals surface area contributed by atoms with Crippen molar-refractivity contribution in [2.24, 2.45) is 5.73 Å². The van der Waals surface area contributed by atoms with Gasteiger partial charge in [-0.1, -0.05) is 6.07 Å². The number of amides is 1. The Morgan fingerprint density at radius 2 is 1.90 bits per heavy atom. The average molecular weight is 294 g/mol. The molecule has 0 spiro atoms. The van der Waals surface area contributed by atoms with Crippen LogP contribution in [0, 0.1) is 0 Å². The fourth-order valence-corrected chi connectivity index (χ4v) is 1.99. The summed E-state index contributed by atoms with van der Waals surface area (Å²) in [5, 5.41) is 2.93. The topological polar surface area (TPSA) is 73.6 Å². The van der Waals surface area contributed by atoms with Gasteiger partial charge in [-0.15, -0.1) is 0 Å². The number of benzene rings is 1. The van der Waals surface area contributed by atoms with Crippen molar-refractivity contribution in [3.05, 3.63) is 23.8 Å². The molecule has 0 aliphatic carbocycles. The van der Waals surface area contributed by atoms with Gasteiger partial charge in [-0.3, -0.25) is 4.79 Å². The lowest BCUT2D eigenvalue weighted by Crippen LogP contribution is -2.41. The summed E-state index contributed by atoms with van der Waals surface area (Å²) in [4.78, 5) is 12.4. The van der Waals surface area contributed by atoms with E-state index < -0.39 is 5.41 Å². The number of hydrogen-bond acceptors (Lipinski definition) is 4. The molecule has 3 N–H and O–H groups in total. The van der Waals surface area contributed by atoms with E-state index in [0.717, 1.165) is 12.0 Å². The van der Waals surface area contributed by atoms with E-state index in [9.17, 15) is 4.79 Å². The normalized spacial score (nSPS) is 12.7. The van der Waals surface area contributed by atoms with Gasteiger partial charge in [-0.25, -0.2) is 0 Å². The van der Waals surface area contributed by atoms with E-state index in [4.69, 9.17) is 15.2 Å². The number of nitrogens with two attached hydrogens (primary N) is 1. The predicted molar refractivity (Wildman–Crippen MR) is 83.8 cm³/mol. The maximum atomic E-state index is 12.4. The fraction of sp³-hybridized carbons (Fsp3) is 0.562. The molecular formula is C16H26N2O3. The van der Waals surface area contributed by atoms with Crippen molar-refractivity contribution < 1.29 is 14.3 Å². The summed E-state index contributed by atoms with van der Waals surface area (Å²) in [5.74, 6) is 1.23. The Morgan fingerprint density at radius 3 is 2.43 bits per heavy atom. The third-order valence-electron chi connectivity index (χ3n) is 3.56. The van der Waals surface area contributed by atoms with Crippen LogP contribution in [0.3, 0.4) is 0 Å². The minimum Gasteiger partial charge on any atom is -0.493 e. The van der Waals surface area contributed by atoms with Gasteiger partial charge in [-0.05, 0) is 44.9 Å². The molecule has 0 saturated carbocycles. The van der Waals surface area contributed by atoms with Gasteiger partial charge in [0.15, 0.2) is 11.5 Å². The first-order valence-corrected chi connectivity index (χ1v) is 7.09. The highest BCUT2D eigenvalue weighted by molar-refractivity contribution is 5.87. The van der Waals surface area contributed by atoms with Gasteiger partial charge in [-0.2, -0.15) is 0 Å². The Bertz CT molecular complexity index is 484. The lowest BCUT2D eigenvalue weighted by atomic mass is 9.83. The second kappa shape index (κ2) is 7.31. The highest BCUT2D eigenvalue weighted by atomic mass is 16.5. The Balaban J connectivity index is 2.88. The zero-order chi connectivity index (χ0) is 16.0. The molecule has 0 saturated heterocycles. The van der Waals surface area contributed by atoms with Crippen molar-refractivity contribution in [2.45, 2.75) is 38.6 Å². The molecule has 0 aliphatic rings. The molecule has 1 aromatic carbocycles. The zero-order valence-corrected chi connectivity index (χ0v) is 13.5. The molecule has 1 atom stereocenters. The Morgan fingerprint density at radius 1 is 1.29 bits per heavy atom. The van der Waals surface area contributed by atoms with E-state index in [1.807, 2.05) is 39.0 Å². The van der Waals surface area contributed by atoms with Crippen LogP contribution in [0.15, 0.2) is 18.2 Å². The second-order valence-corrected chi connectivity index (χ2v) is 5.72. The average Bonchev–Trinajstić information content (AvgIpc) is 2.45. The molecule has 5 nitrogen and oxygen atoms in total. The molecule has 1 rings (SSSR count). The Hall–Kier alpha value is -1.75. The first-order chi connectivity index (χ1) is 9.82. The maximum absolute atomic E-state index is 12.4. The quantitative estimate of drug-likeness (QED) is 0.804. The molecule has 1 aromatic rings. The van der Waals surface area contributed by atoms with E-state index in [0.29, 0.717) is 18.0 Å². The maximum Gasteiger partial charge on any atom is 0.230 e. The minimum atomic E-state index is -0.655. The summed E-state index contributed by atoms with van der Waals surface area (Å²) in [6.45, 7) is 6.27. The van der Waals surface area contributed by atoms with Crippen molar-refractivity contribution in [3.63, 3.8) is 0 Å². The summed E-state index contributed by atoms with van der Waals surface area (Å²) in [6.07, 6.45) is 0.758. The summed E-state index contributed by atoms with van der Waals surface area (Å²) in [6, 6.07) is 5.61. The zero-order valence-electron chi connectivity index (χ0n) is 13.5. The van der Waals surface area contributed by atoms with Gasteiger partial charge in [0.1, 0.15) is 0 Å². The lowest BCUT2D eigenvalue weighted by molar-refractivity contribution is -0.125. The van der Waals surface area contributed by atoms with Gasteiger partial charge in [0, 0.05) is 12.6 Å². The number of methoxy groups -OCH3 is 2. The van der Waals surface area contributed by atoms with Crippen LogP contribution in [0.4, 0.5) is 0 Å². The SMILES string of the molecule is COc1ccc(C(C)(C)C(=O)NCCC(C)N)cc1OC. The molecule has 0 aromatic heterocycles. The molecule has 0 heterocycles. The highest BCUT2D eigenvalue weighted by Crippen LogP contribution is 2.33. The fourth-order valence-electron chi connectivity index (χ4n) is 1.99. The number of carbonyl (C=O) groups is 1. The van der Waals surface area contributed by atoms with Crippen molar-refractivity contribution in [3.8, 4) is 11.5 Å². The van der Waals surface area contributed by atoms with Gasteiger partial charge < -0.3 is 20.5 Å². The van der Waals surface area contributed by atoms with Gasteiger partial charge in [0.25, 0.3) is 0 Å². The molecule has 0 fully saturated rings. The van der Waals surface area contributed by atoms with Crippen LogP contribution in [0.5, 0.6) is 11.5 Å². The molecule has 21 heavy (non-hydrogen) atoms. The molecule has 5 heteroatoms. The second-order valence-electron chi connectivity index (χ2n) is 5.72. The molecule has 0 bridgehead atoms. The van der Waals surface area contributed by atoms with Crippen LogP contribution in [0.25, 0.3) is 0 Å². The number of nitrogens with one attached hydrogen (secondary N) is 1. The summed E-state index contributed by atoms with van der Waals surface area (Å²) < 4.78 is 10.5. The summed E-state index contributed by atoms with van der Waals surface area (Å²) in [5.41, 5.74) is 5.91. The van der Waals surface area contributed by atoms with Crippen molar-refractivity contribution in [1.29, 1.82) is 0 Å². The predicted octanol–water partition coefficient (Wildman–Crippen LogP) is 1.83. The van der Waals surface area contributed by atoms with Gasteiger partial charge >= 0.3 is 0 Å². The van der Waals surface area contributed by atoms with E-state index >= 15 is 0 Å². The minimum absolute atomic E-state index is 0.0321. The molecule has 1 amide bonds. The van der Waals surface area contributed by atoms with Crippen LogP contribution < -0.4 is 20.5 Å². The van der Waals surface area contributed by atoms with Crippen LogP contribution in [-0.4, -0.2) is 32.7 Å². The molecule has 1 unspecified atom stereocenters. The van der Waals surface area contributed by atoms with Gasteiger partial charge in [0.05, 0.1) is 19.6 Å². The lowest BCUT2D eigenvalue weighted by Gasteiger charge is -2.25. The molecule has 0 radical (unpaired) electrons. The Kier molecular flexibility index (Phi) is 6.03.